The Bertz CT molecular complexity index is 1380. The molecule has 0 unspecified atom stereocenters. The minimum Gasteiger partial charge on any atom is -0.462 e. The van der Waals surface area contributed by atoms with Crippen molar-refractivity contribution in [3.8, 4) is 11.3 Å². The molecule has 0 spiro atoms. The number of nitrogens with one attached hydrogen (secondary N) is 1. The molecule has 1 aliphatic rings. The number of esters is 1. The third-order valence-electron chi connectivity index (χ3n) is 4.95. The predicted octanol–water partition coefficient (Wildman–Crippen LogP) is 6.11. The van der Waals surface area contributed by atoms with E-state index in [1.165, 1.54) is 24.3 Å². The second kappa shape index (κ2) is 11.0. The van der Waals surface area contributed by atoms with E-state index >= 15 is 0 Å². The fourth-order valence-electron chi connectivity index (χ4n) is 3.28. The van der Waals surface area contributed by atoms with Crippen molar-refractivity contribution in [1.29, 1.82) is 0 Å². The first-order valence-corrected chi connectivity index (χ1v) is 12.2. The molecule has 2 heterocycles. The number of anilines is 1. The maximum absolute atomic E-state index is 12.8. The number of carbonyl (C=O) groups excluding carboxylic acids is 4. The van der Waals surface area contributed by atoms with Gasteiger partial charge in [-0.1, -0.05) is 23.2 Å². The summed E-state index contributed by atoms with van der Waals surface area (Å²) in [5, 5.41) is 2.73. The summed E-state index contributed by atoms with van der Waals surface area (Å²) < 4.78 is 10.7. The highest BCUT2D eigenvalue weighted by Gasteiger charge is 2.36. The average Bonchev–Trinajstić information content (AvgIpc) is 3.41. The first-order valence-electron chi connectivity index (χ1n) is 10.6. The Kier molecular flexibility index (Phi) is 7.83. The zero-order valence-electron chi connectivity index (χ0n) is 18.7. The number of imide groups is 1. The fraction of sp³-hybridized carbons (Fsp3) is 0.120. The Labute approximate surface area is 220 Å². The highest BCUT2D eigenvalue weighted by molar-refractivity contribution is 8.18. The highest BCUT2D eigenvalue weighted by Crippen LogP contribution is 2.33. The molecule has 1 N–H and O–H groups in total. The number of ether oxygens (including phenoxy) is 1. The number of hydrogen-bond donors (Lipinski definition) is 1. The zero-order chi connectivity index (χ0) is 25.8. The van der Waals surface area contributed by atoms with Crippen LogP contribution in [0.15, 0.2) is 63.9 Å². The van der Waals surface area contributed by atoms with Crippen LogP contribution < -0.4 is 5.32 Å². The van der Waals surface area contributed by atoms with Crippen LogP contribution in [0.3, 0.4) is 0 Å². The second-order valence-corrected chi connectivity index (χ2v) is 9.28. The molecule has 1 fully saturated rings. The molecule has 2 aromatic carbocycles. The maximum atomic E-state index is 12.8. The molecule has 1 saturated heterocycles. The van der Waals surface area contributed by atoms with Gasteiger partial charge in [0.25, 0.3) is 11.1 Å². The lowest BCUT2D eigenvalue weighted by molar-refractivity contribution is -0.127. The van der Waals surface area contributed by atoms with E-state index in [0.29, 0.717) is 28.3 Å². The molecular formula is C25H18Cl2N2O6S. The first kappa shape index (κ1) is 25.6. The van der Waals surface area contributed by atoms with Crippen molar-refractivity contribution in [3.63, 3.8) is 0 Å². The lowest BCUT2D eigenvalue weighted by atomic mass is 10.2. The molecule has 0 atom stereocenters. The summed E-state index contributed by atoms with van der Waals surface area (Å²) in [4.78, 5) is 50.7. The third-order valence-corrected chi connectivity index (χ3v) is 6.44. The van der Waals surface area contributed by atoms with Crippen molar-refractivity contribution in [2.75, 3.05) is 18.5 Å². The van der Waals surface area contributed by atoms with Gasteiger partial charge in [-0.15, -0.1) is 0 Å². The lowest BCUT2D eigenvalue weighted by Crippen LogP contribution is -2.36. The monoisotopic (exact) mass is 544 g/mol. The molecule has 0 aliphatic carbocycles. The van der Waals surface area contributed by atoms with Crippen LogP contribution in [-0.4, -0.2) is 41.1 Å². The number of furan rings is 1. The van der Waals surface area contributed by atoms with Crippen LogP contribution in [0, 0.1) is 0 Å². The van der Waals surface area contributed by atoms with E-state index in [1.807, 2.05) is 0 Å². The van der Waals surface area contributed by atoms with Gasteiger partial charge in [0.1, 0.15) is 18.1 Å². The summed E-state index contributed by atoms with van der Waals surface area (Å²) in [5.74, 6) is -0.928. The van der Waals surface area contributed by atoms with E-state index in [4.69, 9.17) is 32.4 Å². The van der Waals surface area contributed by atoms with Crippen molar-refractivity contribution in [2.45, 2.75) is 6.92 Å². The Morgan fingerprint density at radius 3 is 2.56 bits per heavy atom. The lowest BCUT2D eigenvalue weighted by Gasteiger charge is -2.13. The van der Waals surface area contributed by atoms with Crippen molar-refractivity contribution in [1.82, 2.24) is 4.90 Å². The van der Waals surface area contributed by atoms with E-state index in [9.17, 15) is 19.2 Å². The van der Waals surface area contributed by atoms with Gasteiger partial charge < -0.3 is 14.5 Å². The number of amides is 3. The van der Waals surface area contributed by atoms with Gasteiger partial charge in [0.2, 0.25) is 5.91 Å². The van der Waals surface area contributed by atoms with E-state index in [0.717, 1.165) is 10.5 Å². The molecule has 8 nitrogen and oxygen atoms in total. The van der Waals surface area contributed by atoms with Gasteiger partial charge in [-0.25, -0.2) is 4.79 Å². The summed E-state index contributed by atoms with van der Waals surface area (Å²) in [6.07, 6.45) is 1.45. The van der Waals surface area contributed by atoms with Crippen molar-refractivity contribution in [3.05, 3.63) is 80.9 Å². The van der Waals surface area contributed by atoms with Gasteiger partial charge in [0.15, 0.2) is 0 Å². The van der Waals surface area contributed by atoms with E-state index in [-0.39, 0.29) is 27.8 Å². The maximum Gasteiger partial charge on any atom is 0.339 e. The molecule has 1 aromatic heterocycles. The van der Waals surface area contributed by atoms with Gasteiger partial charge in [0, 0.05) is 22.3 Å². The SMILES string of the molecule is CCOC(=O)c1cc(NC(=O)CN2C(=O)S/C(=C/c3ccc(-c4ccc(Cl)cc4)o3)C2=O)ccc1Cl. The normalized spacial score (nSPS) is 14.4. The van der Waals surface area contributed by atoms with Gasteiger partial charge in [-0.3, -0.25) is 19.3 Å². The molecule has 3 aromatic rings. The molecule has 0 bridgehead atoms. The molecular weight excluding hydrogens is 527 g/mol. The minimum absolute atomic E-state index is 0.0850. The Hall–Kier alpha value is -3.53. The second-order valence-electron chi connectivity index (χ2n) is 7.44. The van der Waals surface area contributed by atoms with Crippen LogP contribution >= 0.6 is 35.0 Å². The van der Waals surface area contributed by atoms with Crippen molar-refractivity contribution in [2.24, 2.45) is 0 Å². The van der Waals surface area contributed by atoms with Crippen LogP contribution in [0.25, 0.3) is 17.4 Å². The predicted molar refractivity (Wildman–Crippen MR) is 138 cm³/mol. The Balaban J connectivity index is 1.43. The van der Waals surface area contributed by atoms with Gasteiger partial charge in [-0.2, -0.15) is 0 Å². The number of benzene rings is 2. The molecule has 184 valence electrons. The summed E-state index contributed by atoms with van der Waals surface area (Å²) in [6, 6.07) is 14.8. The largest absolute Gasteiger partial charge is 0.462 e. The van der Waals surface area contributed by atoms with E-state index < -0.39 is 29.6 Å². The van der Waals surface area contributed by atoms with Crippen molar-refractivity contribution < 1.29 is 28.3 Å². The van der Waals surface area contributed by atoms with Gasteiger partial charge in [0.05, 0.1) is 22.1 Å². The highest BCUT2D eigenvalue weighted by atomic mass is 35.5. The molecule has 1 aliphatic heterocycles. The summed E-state index contributed by atoms with van der Waals surface area (Å²) in [7, 11) is 0. The molecule has 0 saturated carbocycles. The number of nitrogens with zero attached hydrogens (tertiary/aromatic N) is 1. The molecule has 11 heteroatoms. The number of rotatable bonds is 7. The third kappa shape index (κ3) is 5.81. The fourth-order valence-corrected chi connectivity index (χ4v) is 4.42. The zero-order valence-corrected chi connectivity index (χ0v) is 21.1. The Morgan fingerprint density at radius 2 is 1.83 bits per heavy atom. The topological polar surface area (TPSA) is 106 Å². The number of carbonyl (C=O) groups is 4. The summed E-state index contributed by atoms with van der Waals surface area (Å²) in [5.41, 5.74) is 1.15. The molecule has 3 amide bonds. The van der Waals surface area contributed by atoms with Crippen LogP contribution in [-0.2, 0) is 14.3 Å². The average molecular weight is 545 g/mol. The van der Waals surface area contributed by atoms with E-state index in [1.54, 1.807) is 43.3 Å². The smallest absolute Gasteiger partial charge is 0.339 e. The van der Waals surface area contributed by atoms with Gasteiger partial charge in [-0.05, 0) is 73.3 Å². The van der Waals surface area contributed by atoms with Gasteiger partial charge >= 0.3 is 5.97 Å². The van der Waals surface area contributed by atoms with Crippen LogP contribution in [0.4, 0.5) is 10.5 Å². The molecule has 4 rings (SSSR count). The summed E-state index contributed by atoms with van der Waals surface area (Å²) >= 11 is 12.6. The number of hydrogen-bond acceptors (Lipinski definition) is 7. The quantitative estimate of drug-likeness (QED) is 0.282. The number of halogens is 2. The molecule has 36 heavy (non-hydrogen) atoms. The van der Waals surface area contributed by atoms with E-state index in [2.05, 4.69) is 5.32 Å². The molecule has 0 radical (unpaired) electrons. The first-order chi connectivity index (χ1) is 17.2. The minimum atomic E-state index is -0.633. The van der Waals surface area contributed by atoms with Crippen molar-refractivity contribution >= 4 is 69.8 Å². The standard InChI is InChI=1S/C25H18Cl2N2O6S/c1-2-34-24(32)18-11-16(7-9-19(18)27)28-22(30)13-29-23(31)21(36-25(29)33)12-17-8-10-20(35-17)14-3-5-15(26)6-4-14/h3-12H,2,13H2,1H3,(H,28,30)/b21-12+. The van der Waals surface area contributed by atoms with Crippen LogP contribution in [0.5, 0.6) is 0 Å². The van der Waals surface area contributed by atoms with Crippen LogP contribution in [0.2, 0.25) is 10.0 Å². The summed E-state index contributed by atoms with van der Waals surface area (Å²) in [6.45, 7) is 1.32. The number of thioether (sulfide) groups is 1. The Morgan fingerprint density at radius 1 is 1.08 bits per heavy atom. The van der Waals surface area contributed by atoms with Crippen LogP contribution in [0.1, 0.15) is 23.0 Å².